The minimum atomic E-state index is -1.02. The molecule has 33 heavy (non-hydrogen) atoms. The lowest BCUT2D eigenvalue weighted by Gasteiger charge is -2.28. The van der Waals surface area contributed by atoms with Crippen molar-refractivity contribution < 1.29 is 27.8 Å². The number of carboxylic acid groups (broad SMARTS) is 1. The number of hydrogen-bond acceptors (Lipinski definition) is 3. The van der Waals surface area contributed by atoms with Crippen molar-refractivity contribution >= 4 is 27.8 Å². The van der Waals surface area contributed by atoms with Crippen LogP contribution < -0.4 is 0 Å². The predicted octanol–water partition coefficient (Wildman–Crippen LogP) is 5.39. The number of nitrogens with one attached hydrogen (secondary N) is 1. The summed E-state index contributed by atoms with van der Waals surface area (Å²) in [6.07, 6.45) is 1.40. The van der Waals surface area contributed by atoms with Crippen molar-refractivity contribution in [3.8, 4) is 5.69 Å². The van der Waals surface area contributed by atoms with Crippen molar-refractivity contribution in [2.24, 2.45) is 0 Å². The molecule has 1 aliphatic rings. The van der Waals surface area contributed by atoms with Crippen molar-refractivity contribution in [1.82, 2.24) is 14.8 Å². The zero-order valence-electron chi connectivity index (χ0n) is 18.0. The lowest BCUT2D eigenvalue weighted by atomic mass is 9.86. The van der Waals surface area contributed by atoms with E-state index in [4.69, 9.17) is 4.74 Å². The highest BCUT2D eigenvalue weighted by Gasteiger charge is 2.34. The smallest absolute Gasteiger partial charge is 0.332 e. The Morgan fingerprint density at radius 3 is 2.64 bits per heavy atom. The third kappa shape index (κ3) is 3.38. The molecule has 4 aromatic rings. The fourth-order valence-corrected chi connectivity index (χ4v) is 4.91. The standard InChI is InChI=1S/C24H22F3N3O3/c1-11(2)23-19(12-3-6-18(24(31)32)33-10-12)20-17(7-13-9-28-29-22(13)21(20)27)30(23)14-4-5-15(25)16(26)8-14/h4-5,7-9,11-12,18H,3,6,10H2,1-2H3,(H,28,29)(H,31,32)/t12?,18-/m1/s1. The van der Waals surface area contributed by atoms with Crippen LogP contribution in [0.1, 0.15) is 49.8 Å². The first-order valence-electron chi connectivity index (χ1n) is 10.8. The Balaban J connectivity index is 1.82. The summed E-state index contributed by atoms with van der Waals surface area (Å²) in [6, 6.07) is 5.38. The van der Waals surface area contributed by atoms with Crippen molar-refractivity contribution in [1.29, 1.82) is 0 Å². The topological polar surface area (TPSA) is 80.1 Å². The fraction of sp³-hybridized carbons (Fsp3) is 0.333. The number of fused-ring (bicyclic) bond motifs is 2. The summed E-state index contributed by atoms with van der Waals surface area (Å²) in [7, 11) is 0. The van der Waals surface area contributed by atoms with Crippen molar-refractivity contribution in [2.75, 3.05) is 6.61 Å². The Morgan fingerprint density at radius 1 is 1.21 bits per heavy atom. The third-order valence-electron chi connectivity index (χ3n) is 6.35. The van der Waals surface area contributed by atoms with Gasteiger partial charge in [0.1, 0.15) is 5.52 Å². The van der Waals surface area contributed by atoms with Gasteiger partial charge in [-0.1, -0.05) is 13.8 Å². The van der Waals surface area contributed by atoms with Gasteiger partial charge in [0.25, 0.3) is 0 Å². The van der Waals surface area contributed by atoms with Crippen LogP contribution in [-0.2, 0) is 9.53 Å². The van der Waals surface area contributed by atoms with Gasteiger partial charge in [0.2, 0.25) is 0 Å². The Kier molecular flexibility index (Phi) is 5.16. The molecule has 0 spiro atoms. The van der Waals surface area contributed by atoms with E-state index in [1.54, 1.807) is 10.6 Å². The maximum absolute atomic E-state index is 15.9. The van der Waals surface area contributed by atoms with Gasteiger partial charge in [0.15, 0.2) is 23.6 Å². The van der Waals surface area contributed by atoms with Gasteiger partial charge in [0, 0.05) is 34.1 Å². The molecule has 172 valence electrons. The molecule has 0 saturated carbocycles. The number of aliphatic carboxylic acids is 1. The Morgan fingerprint density at radius 2 is 2.00 bits per heavy atom. The monoisotopic (exact) mass is 457 g/mol. The fourth-order valence-electron chi connectivity index (χ4n) is 4.91. The lowest BCUT2D eigenvalue weighted by Crippen LogP contribution is -2.31. The van der Waals surface area contributed by atoms with Crippen LogP contribution in [0.25, 0.3) is 27.5 Å². The Labute approximate surface area is 187 Å². The molecule has 2 aromatic heterocycles. The second-order valence-corrected chi connectivity index (χ2v) is 8.74. The highest BCUT2D eigenvalue weighted by molar-refractivity contribution is 5.99. The van der Waals surface area contributed by atoms with Gasteiger partial charge in [-0.15, -0.1) is 0 Å². The van der Waals surface area contributed by atoms with Crippen LogP contribution >= 0.6 is 0 Å². The van der Waals surface area contributed by atoms with Crippen LogP contribution in [0.4, 0.5) is 13.2 Å². The molecule has 1 aliphatic heterocycles. The average Bonchev–Trinajstić information content (AvgIpc) is 3.39. The van der Waals surface area contributed by atoms with E-state index in [1.807, 2.05) is 13.8 Å². The predicted molar refractivity (Wildman–Crippen MR) is 116 cm³/mol. The van der Waals surface area contributed by atoms with E-state index in [2.05, 4.69) is 10.2 Å². The van der Waals surface area contributed by atoms with E-state index in [0.717, 1.165) is 17.8 Å². The summed E-state index contributed by atoms with van der Waals surface area (Å²) in [4.78, 5) is 11.3. The van der Waals surface area contributed by atoms with E-state index in [0.29, 0.717) is 40.4 Å². The molecule has 6 nitrogen and oxygen atoms in total. The van der Waals surface area contributed by atoms with Gasteiger partial charge in [-0.3, -0.25) is 5.10 Å². The van der Waals surface area contributed by atoms with E-state index in [-0.39, 0.29) is 24.0 Å². The molecule has 2 N–H and O–H groups in total. The summed E-state index contributed by atoms with van der Waals surface area (Å²) in [5, 5.41) is 16.8. The van der Waals surface area contributed by atoms with Crippen LogP contribution in [0.2, 0.25) is 0 Å². The molecule has 1 unspecified atom stereocenters. The van der Waals surface area contributed by atoms with E-state index >= 15 is 4.39 Å². The van der Waals surface area contributed by atoms with Crippen LogP contribution in [0.5, 0.6) is 0 Å². The van der Waals surface area contributed by atoms with Gasteiger partial charge in [-0.05, 0) is 42.5 Å². The van der Waals surface area contributed by atoms with Gasteiger partial charge >= 0.3 is 5.97 Å². The van der Waals surface area contributed by atoms with Crippen LogP contribution in [0.3, 0.4) is 0 Å². The zero-order valence-corrected chi connectivity index (χ0v) is 18.0. The molecular formula is C24H22F3N3O3. The lowest BCUT2D eigenvalue weighted by molar-refractivity contribution is -0.153. The quantitative estimate of drug-likeness (QED) is 0.430. The number of nitrogens with zero attached hydrogens (tertiary/aromatic N) is 2. The Bertz CT molecular complexity index is 1380. The number of aromatic amines is 1. The largest absolute Gasteiger partial charge is 0.479 e. The molecule has 2 aromatic carbocycles. The maximum atomic E-state index is 15.9. The van der Waals surface area contributed by atoms with E-state index < -0.39 is 29.5 Å². The maximum Gasteiger partial charge on any atom is 0.332 e. The number of rotatable bonds is 4. The Hall–Kier alpha value is -3.33. The SMILES string of the molecule is CC(C)c1c(C2CC[C@H](C(=O)O)OC2)c2c(F)c3[nH]ncc3cc2n1-c1ccc(F)c(F)c1. The van der Waals surface area contributed by atoms with Crippen molar-refractivity contribution in [3.63, 3.8) is 0 Å². The van der Waals surface area contributed by atoms with Gasteiger partial charge in [-0.2, -0.15) is 5.10 Å². The highest BCUT2D eigenvalue weighted by atomic mass is 19.2. The van der Waals surface area contributed by atoms with Crippen LogP contribution in [0.15, 0.2) is 30.5 Å². The zero-order chi connectivity index (χ0) is 23.4. The number of ether oxygens (including phenoxy) is 1. The summed E-state index contributed by atoms with van der Waals surface area (Å²) in [5.41, 5.74) is 2.57. The molecule has 5 rings (SSSR count). The number of aromatic nitrogens is 3. The highest BCUT2D eigenvalue weighted by Crippen LogP contribution is 2.44. The number of carbonyl (C=O) groups is 1. The first-order valence-corrected chi connectivity index (χ1v) is 10.8. The molecule has 9 heteroatoms. The summed E-state index contributed by atoms with van der Waals surface area (Å²) >= 11 is 0. The second kappa shape index (κ2) is 7.91. The van der Waals surface area contributed by atoms with Gasteiger partial charge in [-0.25, -0.2) is 18.0 Å². The molecule has 1 fully saturated rings. The van der Waals surface area contributed by atoms with E-state index in [9.17, 15) is 18.7 Å². The normalized spacial score (nSPS) is 19.1. The molecule has 0 aliphatic carbocycles. The number of halogens is 3. The summed E-state index contributed by atoms with van der Waals surface area (Å²) in [5.74, 6) is -3.84. The minimum Gasteiger partial charge on any atom is -0.479 e. The first-order chi connectivity index (χ1) is 15.8. The molecule has 0 bridgehead atoms. The summed E-state index contributed by atoms with van der Waals surface area (Å²) < 4.78 is 51.1. The van der Waals surface area contributed by atoms with Crippen molar-refractivity contribution in [3.05, 3.63) is 59.2 Å². The molecule has 3 heterocycles. The number of H-pyrrole nitrogens is 1. The molecule has 0 amide bonds. The third-order valence-corrected chi connectivity index (χ3v) is 6.35. The number of hydrogen-bond donors (Lipinski definition) is 2. The van der Waals surface area contributed by atoms with Gasteiger partial charge in [0.05, 0.1) is 18.3 Å². The average molecular weight is 457 g/mol. The molecule has 1 saturated heterocycles. The molecular weight excluding hydrogens is 435 g/mol. The van der Waals surface area contributed by atoms with E-state index in [1.165, 1.54) is 12.3 Å². The minimum absolute atomic E-state index is 0.103. The number of carboxylic acids is 1. The summed E-state index contributed by atoms with van der Waals surface area (Å²) in [6.45, 7) is 4.01. The molecule has 0 radical (unpaired) electrons. The number of benzene rings is 2. The first kappa shape index (κ1) is 21.5. The van der Waals surface area contributed by atoms with Crippen molar-refractivity contribution in [2.45, 2.75) is 44.6 Å². The van der Waals surface area contributed by atoms with Gasteiger partial charge < -0.3 is 14.4 Å². The van der Waals surface area contributed by atoms with Crippen LogP contribution in [0, 0.1) is 17.5 Å². The molecule has 2 atom stereocenters. The van der Waals surface area contributed by atoms with Crippen LogP contribution in [-0.4, -0.2) is 38.6 Å². The second-order valence-electron chi connectivity index (χ2n) is 8.74.